The number of primary amides is 1. The van der Waals surface area contributed by atoms with Gasteiger partial charge in [-0.15, -0.1) is 0 Å². The molecular weight excluding hydrogens is 885 g/mol. The van der Waals surface area contributed by atoms with E-state index >= 15 is 0 Å². The van der Waals surface area contributed by atoms with Crippen molar-refractivity contribution in [3.8, 4) is 5.75 Å². The number of nitrogens with two attached hydrogens (primary N) is 4. The first-order valence-electron chi connectivity index (χ1n) is 22.2. The first-order chi connectivity index (χ1) is 32.0. The number of phenols is 1. The van der Waals surface area contributed by atoms with E-state index in [4.69, 9.17) is 22.9 Å². The van der Waals surface area contributed by atoms with Crippen LogP contribution in [-0.2, 0) is 56.0 Å². The second-order valence-electron chi connectivity index (χ2n) is 17.1. The number of benzene rings is 2. The van der Waals surface area contributed by atoms with Crippen LogP contribution in [0.2, 0.25) is 0 Å². The Balaban J connectivity index is 2.39. The molecule has 17 N–H and O–H groups in total. The van der Waals surface area contributed by atoms with Crippen molar-refractivity contribution in [1.82, 2.24) is 37.2 Å². The summed E-state index contributed by atoms with van der Waals surface area (Å²) in [5.74, 6) is -8.30. The molecule has 7 atom stereocenters. The minimum absolute atomic E-state index is 0.0268. The topological polar surface area (TPSA) is 395 Å². The smallest absolute Gasteiger partial charge is 0.303 e. The zero-order valence-corrected chi connectivity index (χ0v) is 39.1. The van der Waals surface area contributed by atoms with E-state index < -0.39 is 108 Å². The van der Waals surface area contributed by atoms with Crippen LogP contribution < -0.4 is 60.2 Å². The number of hydrogen-bond donors (Lipinski definition) is 13. The Morgan fingerprint density at radius 2 is 1.12 bits per heavy atom. The Morgan fingerprint density at radius 3 is 1.66 bits per heavy atom. The summed E-state index contributed by atoms with van der Waals surface area (Å²) in [4.78, 5) is 122. The molecule has 23 nitrogen and oxygen atoms in total. The zero-order chi connectivity index (χ0) is 51.1. The number of carboxylic acid groups (broad SMARTS) is 1. The number of carboxylic acids is 1. The van der Waals surface area contributed by atoms with Crippen molar-refractivity contribution < 1.29 is 53.4 Å². The number of amides is 8. The molecule has 0 fully saturated rings. The number of guanidine groups is 1. The van der Waals surface area contributed by atoms with Gasteiger partial charge in [0.05, 0.1) is 12.6 Å². The molecule has 0 saturated heterocycles. The quantitative estimate of drug-likeness (QED) is 0.0231. The summed E-state index contributed by atoms with van der Waals surface area (Å²) in [5, 5.41) is 37.0. The molecular formula is C45H68N12O11. The van der Waals surface area contributed by atoms with E-state index in [1.54, 1.807) is 44.2 Å². The third-order valence-electron chi connectivity index (χ3n) is 10.4. The van der Waals surface area contributed by atoms with Gasteiger partial charge in [-0.25, -0.2) is 0 Å². The zero-order valence-electron chi connectivity index (χ0n) is 39.1. The number of nitrogens with one attached hydrogen (secondary N) is 7. The van der Waals surface area contributed by atoms with Gasteiger partial charge in [-0.05, 0) is 67.7 Å². The average Bonchev–Trinajstić information content (AvgIpc) is 3.27. The second kappa shape index (κ2) is 28.7. The van der Waals surface area contributed by atoms with Crippen LogP contribution >= 0.6 is 0 Å². The Labute approximate surface area is 395 Å². The van der Waals surface area contributed by atoms with Crippen molar-refractivity contribution in [2.24, 2.45) is 39.8 Å². The van der Waals surface area contributed by atoms with Gasteiger partial charge in [0.25, 0.3) is 0 Å². The van der Waals surface area contributed by atoms with Crippen LogP contribution in [-0.4, -0.2) is 125 Å². The minimum atomic E-state index is -1.44. The van der Waals surface area contributed by atoms with Gasteiger partial charge in [-0.3, -0.25) is 48.1 Å². The van der Waals surface area contributed by atoms with Crippen LogP contribution in [0.15, 0.2) is 59.6 Å². The lowest BCUT2D eigenvalue weighted by atomic mass is 10.0. The van der Waals surface area contributed by atoms with E-state index in [9.17, 15) is 53.4 Å². The van der Waals surface area contributed by atoms with E-state index in [0.29, 0.717) is 11.1 Å². The van der Waals surface area contributed by atoms with Crippen molar-refractivity contribution in [1.29, 1.82) is 0 Å². The van der Waals surface area contributed by atoms with Gasteiger partial charge in [0.1, 0.15) is 42.0 Å². The molecule has 0 aliphatic rings. The summed E-state index contributed by atoms with van der Waals surface area (Å²) in [6, 6.07) is 5.46. The van der Waals surface area contributed by atoms with Crippen molar-refractivity contribution in [3.05, 3.63) is 65.7 Å². The van der Waals surface area contributed by atoms with Crippen molar-refractivity contribution in [2.75, 3.05) is 13.1 Å². The lowest BCUT2D eigenvalue weighted by Crippen LogP contribution is -2.60. The Kier molecular flexibility index (Phi) is 24.0. The normalized spacial score (nSPS) is 14.1. The van der Waals surface area contributed by atoms with Crippen molar-refractivity contribution in [2.45, 2.75) is 122 Å². The molecule has 0 heterocycles. The third-order valence-corrected chi connectivity index (χ3v) is 10.4. The van der Waals surface area contributed by atoms with Gasteiger partial charge in [0.2, 0.25) is 47.3 Å². The van der Waals surface area contributed by atoms with Crippen molar-refractivity contribution in [3.63, 3.8) is 0 Å². The van der Waals surface area contributed by atoms with E-state index in [1.165, 1.54) is 31.2 Å². The van der Waals surface area contributed by atoms with Crippen LogP contribution in [0.5, 0.6) is 5.75 Å². The summed E-state index contributed by atoms with van der Waals surface area (Å²) >= 11 is 0. The van der Waals surface area contributed by atoms with E-state index in [2.05, 4.69) is 42.2 Å². The second-order valence-corrected chi connectivity index (χ2v) is 17.1. The first-order valence-corrected chi connectivity index (χ1v) is 22.2. The highest BCUT2D eigenvalue weighted by Gasteiger charge is 2.33. The van der Waals surface area contributed by atoms with Gasteiger partial charge in [-0.2, -0.15) is 0 Å². The predicted molar refractivity (Wildman–Crippen MR) is 250 cm³/mol. The molecule has 0 saturated carbocycles. The first kappa shape index (κ1) is 56.8. The van der Waals surface area contributed by atoms with E-state index in [-0.39, 0.29) is 68.6 Å². The summed E-state index contributed by atoms with van der Waals surface area (Å²) in [7, 11) is 0. The van der Waals surface area contributed by atoms with E-state index in [1.807, 2.05) is 13.8 Å². The van der Waals surface area contributed by atoms with Crippen LogP contribution in [0.4, 0.5) is 0 Å². The van der Waals surface area contributed by atoms with Gasteiger partial charge in [0, 0.05) is 25.8 Å². The van der Waals surface area contributed by atoms with E-state index in [0.717, 1.165) is 0 Å². The molecule has 68 heavy (non-hydrogen) atoms. The number of nitrogens with zero attached hydrogens (tertiary/aromatic N) is 1. The molecule has 2 rings (SSSR count). The summed E-state index contributed by atoms with van der Waals surface area (Å²) in [6.45, 7) is 7.85. The number of carbonyl (C=O) groups is 9. The monoisotopic (exact) mass is 953 g/mol. The number of rotatable bonds is 29. The fourth-order valence-electron chi connectivity index (χ4n) is 6.49. The van der Waals surface area contributed by atoms with Crippen LogP contribution in [0.3, 0.4) is 0 Å². The summed E-state index contributed by atoms with van der Waals surface area (Å²) in [5.41, 5.74) is 23.4. The molecule has 23 heteroatoms. The van der Waals surface area contributed by atoms with Gasteiger partial charge < -0.3 is 70.4 Å². The molecule has 0 radical (unpaired) electrons. The Morgan fingerprint density at radius 1 is 0.603 bits per heavy atom. The molecule has 0 aromatic heterocycles. The molecule has 2 aromatic rings. The fourth-order valence-corrected chi connectivity index (χ4v) is 6.49. The number of aromatic hydroxyl groups is 1. The largest absolute Gasteiger partial charge is 0.508 e. The molecule has 0 bridgehead atoms. The molecule has 374 valence electrons. The highest BCUT2D eigenvalue weighted by Crippen LogP contribution is 2.13. The number of aliphatic imine (C=N–C) groups is 1. The SMILES string of the molecule is CC(C)C[C@H](NC(=O)CNC(=O)[C@H](Cc1ccccc1)NC(=O)[C@H](C)NC(=O)[C@H](Cc1ccc(O)cc1)NC(=O)[C@H](CCCN=C(N)N)NC(=O)[C@H](CCC(=O)O)NC(=O)[C@@H](N)C(C)C)C(N)=O. The van der Waals surface area contributed by atoms with Crippen molar-refractivity contribution >= 4 is 59.2 Å². The maximum absolute atomic E-state index is 14.1. The number of hydrogen-bond acceptors (Lipinski definition) is 12. The average molecular weight is 953 g/mol. The summed E-state index contributed by atoms with van der Waals surface area (Å²) < 4.78 is 0. The molecule has 0 unspecified atom stereocenters. The van der Waals surface area contributed by atoms with Crippen LogP contribution in [0.25, 0.3) is 0 Å². The minimum Gasteiger partial charge on any atom is -0.508 e. The van der Waals surface area contributed by atoms with Crippen LogP contribution in [0, 0.1) is 11.8 Å². The molecule has 2 aromatic carbocycles. The Hall–Kier alpha value is -7.30. The molecule has 0 aliphatic carbocycles. The highest BCUT2D eigenvalue weighted by atomic mass is 16.4. The fraction of sp³-hybridized carbons (Fsp3) is 0.511. The van der Waals surface area contributed by atoms with Gasteiger partial charge >= 0.3 is 5.97 Å². The maximum atomic E-state index is 14.1. The highest BCUT2D eigenvalue weighted by molar-refractivity contribution is 5.97. The number of carbonyl (C=O) groups excluding carboxylic acids is 8. The Bertz CT molecular complexity index is 2060. The lowest BCUT2D eigenvalue weighted by Gasteiger charge is -2.27. The lowest BCUT2D eigenvalue weighted by molar-refractivity contribution is -0.138. The molecule has 0 aliphatic heterocycles. The third kappa shape index (κ3) is 21.3. The maximum Gasteiger partial charge on any atom is 0.303 e. The van der Waals surface area contributed by atoms with Crippen LogP contribution in [0.1, 0.15) is 77.8 Å². The molecule has 0 spiro atoms. The standard InChI is InChI=1S/C45H68N12O11/c1-24(2)20-32(38(47)62)53-35(59)23-51-40(64)33(21-27-10-7-6-8-11-27)56-39(63)26(5)52-43(67)34(22-28-13-15-29(58)16-14-28)57-41(65)30(12-9-19-50-45(48)49)54-42(66)31(17-18-36(60)61)55-44(68)37(46)25(3)4/h6-8,10-11,13-16,24-26,30-34,37,58H,9,12,17-23,46H2,1-5H3,(H2,47,62)(H,51,64)(H,52,67)(H,53,59)(H,54,66)(H,55,68)(H,56,63)(H,57,65)(H,60,61)(H4,48,49,50)/t26-,30-,31-,32-,33-,34-,37-/m0/s1. The summed E-state index contributed by atoms with van der Waals surface area (Å²) in [6.07, 6.45) is -0.814. The number of aliphatic carboxylic acids is 1. The van der Waals surface area contributed by atoms with Gasteiger partial charge in [0.15, 0.2) is 5.96 Å². The van der Waals surface area contributed by atoms with Gasteiger partial charge in [-0.1, -0.05) is 70.2 Å². The predicted octanol–water partition coefficient (Wildman–Crippen LogP) is -2.34. The number of phenolic OH excluding ortho intramolecular Hbond substituents is 1. The molecule has 8 amide bonds.